The van der Waals surface area contributed by atoms with Crippen LogP contribution in [-0.2, 0) is 16.1 Å². The number of hydroxylamine groups is 1. The molecule has 1 unspecified atom stereocenters. The Hall–Kier alpha value is -1.39. The smallest absolute Gasteiger partial charge is 0.243 e. The summed E-state index contributed by atoms with van der Waals surface area (Å²) in [6, 6.07) is 7.61. The van der Waals surface area contributed by atoms with E-state index in [-0.39, 0.29) is 11.9 Å². The molecule has 1 aliphatic heterocycles. The van der Waals surface area contributed by atoms with E-state index in [0.29, 0.717) is 6.61 Å². The van der Waals surface area contributed by atoms with E-state index in [2.05, 4.69) is 10.8 Å². The molecule has 0 fully saturated rings. The second-order valence-corrected chi connectivity index (χ2v) is 3.79. The fourth-order valence-corrected chi connectivity index (χ4v) is 1.81. The van der Waals surface area contributed by atoms with Crippen LogP contribution in [0.25, 0.3) is 0 Å². The minimum Gasteiger partial charge on any atom is -0.324 e. The molecule has 0 aromatic heterocycles. The van der Waals surface area contributed by atoms with Crippen molar-refractivity contribution in [3.63, 3.8) is 0 Å². The molecule has 1 aromatic carbocycles. The van der Waals surface area contributed by atoms with Crippen molar-refractivity contribution in [2.24, 2.45) is 0 Å². The predicted molar refractivity (Wildman–Crippen MR) is 61.9 cm³/mol. The highest BCUT2D eigenvalue weighted by Crippen LogP contribution is 2.21. The summed E-state index contributed by atoms with van der Waals surface area (Å²) in [5, 5.41) is 2.90. The van der Waals surface area contributed by atoms with Gasteiger partial charge in [-0.1, -0.05) is 18.2 Å². The van der Waals surface area contributed by atoms with Gasteiger partial charge in [-0.05, 0) is 31.4 Å². The van der Waals surface area contributed by atoms with Crippen LogP contribution in [0.1, 0.15) is 18.9 Å². The monoisotopic (exact) mass is 220 g/mol. The first-order valence-corrected chi connectivity index (χ1v) is 5.57. The zero-order valence-electron chi connectivity index (χ0n) is 9.32. The third kappa shape index (κ3) is 2.40. The van der Waals surface area contributed by atoms with E-state index >= 15 is 0 Å². The summed E-state index contributed by atoms with van der Waals surface area (Å²) in [5.41, 5.74) is 4.87. The van der Waals surface area contributed by atoms with E-state index in [9.17, 15) is 4.79 Å². The van der Waals surface area contributed by atoms with Crippen LogP contribution in [0.15, 0.2) is 24.3 Å². The topological polar surface area (TPSA) is 50.4 Å². The molecular formula is C12H16N2O2. The van der Waals surface area contributed by atoms with Gasteiger partial charge in [0.1, 0.15) is 6.04 Å². The Morgan fingerprint density at radius 1 is 1.50 bits per heavy atom. The molecule has 16 heavy (non-hydrogen) atoms. The first-order valence-electron chi connectivity index (χ1n) is 5.57. The lowest BCUT2D eigenvalue weighted by Crippen LogP contribution is -2.39. The van der Waals surface area contributed by atoms with Gasteiger partial charge in [0.25, 0.3) is 0 Å². The molecule has 4 heteroatoms. The molecule has 0 bridgehead atoms. The van der Waals surface area contributed by atoms with Gasteiger partial charge < -0.3 is 10.2 Å². The van der Waals surface area contributed by atoms with E-state index in [1.807, 2.05) is 31.2 Å². The summed E-state index contributed by atoms with van der Waals surface area (Å²) in [5.74, 6) is -0.0293. The van der Waals surface area contributed by atoms with Crippen LogP contribution < -0.4 is 10.8 Å². The molecule has 2 rings (SSSR count). The van der Waals surface area contributed by atoms with Gasteiger partial charge >= 0.3 is 0 Å². The van der Waals surface area contributed by atoms with Gasteiger partial charge in [0.15, 0.2) is 0 Å². The van der Waals surface area contributed by atoms with E-state index < -0.39 is 0 Å². The molecule has 1 atom stereocenters. The second-order valence-electron chi connectivity index (χ2n) is 3.79. The predicted octanol–water partition coefficient (Wildman–Crippen LogP) is 1.48. The fourth-order valence-electron chi connectivity index (χ4n) is 1.81. The third-order valence-corrected chi connectivity index (χ3v) is 2.66. The number of rotatable bonds is 3. The Morgan fingerprint density at radius 2 is 2.31 bits per heavy atom. The van der Waals surface area contributed by atoms with E-state index in [1.165, 1.54) is 5.56 Å². The maximum absolute atomic E-state index is 11.8. The largest absolute Gasteiger partial charge is 0.324 e. The quantitative estimate of drug-likeness (QED) is 0.759. The summed E-state index contributed by atoms with van der Waals surface area (Å²) in [6.07, 6.45) is 1.63. The highest BCUT2D eigenvalue weighted by Gasteiger charge is 2.22. The molecule has 0 spiro atoms. The Kier molecular flexibility index (Phi) is 3.54. The van der Waals surface area contributed by atoms with Crippen LogP contribution in [-0.4, -0.2) is 18.6 Å². The van der Waals surface area contributed by atoms with Gasteiger partial charge in [0.2, 0.25) is 5.91 Å². The van der Waals surface area contributed by atoms with Crippen LogP contribution in [0.2, 0.25) is 0 Å². The Bertz CT molecular complexity index is 379. The average molecular weight is 220 g/mol. The minimum atomic E-state index is -0.271. The Balaban J connectivity index is 2.09. The Labute approximate surface area is 94.9 Å². The van der Waals surface area contributed by atoms with Crippen LogP contribution in [0, 0.1) is 0 Å². The summed E-state index contributed by atoms with van der Waals surface area (Å²) < 4.78 is 0. The molecule has 4 nitrogen and oxygen atoms in total. The van der Waals surface area contributed by atoms with Crippen molar-refractivity contribution in [3.8, 4) is 0 Å². The lowest BCUT2D eigenvalue weighted by molar-refractivity contribution is -0.122. The number of carbonyl (C=O) groups excluding carboxylic acids is 1. The summed E-state index contributed by atoms with van der Waals surface area (Å²) in [4.78, 5) is 16.9. The number of hydrogen-bond acceptors (Lipinski definition) is 3. The number of amides is 1. The van der Waals surface area contributed by atoms with Crippen molar-refractivity contribution >= 4 is 11.6 Å². The molecule has 1 amide bonds. The highest BCUT2D eigenvalue weighted by molar-refractivity contribution is 5.96. The maximum Gasteiger partial charge on any atom is 0.243 e. The molecule has 0 saturated heterocycles. The first kappa shape index (κ1) is 11.1. The second kappa shape index (κ2) is 5.09. The molecule has 1 heterocycles. The van der Waals surface area contributed by atoms with Crippen LogP contribution in [0.5, 0.6) is 0 Å². The van der Waals surface area contributed by atoms with Crippen molar-refractivity contribution in [3.05, 3.63) is 29.8 Å². The minimum absolute atomic E-state index is 0.0293. The molecule has 0 radical (unpaired) electrons. The number of fused-ring (bicyclic) bond motifs is 1. The third-order valence-electron chi connectivity index (χ3n) is 2.66. The van der Waals surface area contributed by atoms with Crippen molar-refractivity contribution < 1.29 is 9.63 Å². The molecule has 86 valence electrons. The lowest BCUT2D eigenvalue weighted by atomic mass is 10.1. The van der Waals surface area contributed by atoms with Gasteiger partial charge in [-0.15, -0.1) is 0 Å². The summed E-state index contributed by atoms with van der Waals surface area (Å²) in [7, 11) is 0. The number of benzene rings is 1. The maximum atomic E-state index is 11.8. The molecule has 2 N–H and O–H groups in total. The molecule has 0 aliphatic carbocycles. The van der Waals surface area contributed by atoms with Gasteiger partial charge in [-0.2, -0.15) is 5.48 Å². The van der Waals surface area contributed by atoms with Crippen molar-refractivity contribution in [2.45, 2.75) is 25.8 Å². The first-order chi connectivity index (χ1) is 7.81. The standard InChI is InChI=1S/C12H16N2O2/c1-2-16-14-11-8-7-9-5-3-4-6-10(9)13-12(11)15/h3-6,11,14H,2,7-8H2,1H3,(H,13,15). The number of hydrogen-bond donors (Lipinski definition) is 2. The van der Waals surface area contributed by atoms with Crippen molar-refractivity contribution in [1.82, 2.24) is 5.48 Å². The Morgan fingerprint density at radius 3 is 3.12 bits per heavy atom. The van der Waals surface area contributed by atoms with Crippen molar-refractivity contribution in [1.29, 1.82) is 0 Å². The average Bonchev–Trinajstić information content (AvgIpc) is 2.45. The zero-order chi connectivity index (χ0) is 11.4. The van der Waals surface area contributed by atoms with Gasteiger partial charge in [0.05, 0.1) is 6.61 Å². The number of para-hydroxylation sites is 1. The molecule has 1 aliphatic rings. The van der Waals surface area contributed by atoms with Crippen LogP contribution in [0.4, 0.5) is 5.69 Å². The molecular weight excluding hydrogens is 204 g/mol. The zero-order valence-corrected chi connectivity index (χ0v) is 9.32. The summed E-state index contributed by atoms with van der Waals surface area (Å²) >= 11 is 0. The van der Waals surface area contributed by atoms with Crippen LogP contribution in [0.3, 0.4) is 0 Å². The summed E-state index contributed by atoms with van der Waals surface area (Å²) in [6.45, 7) is 2.44. The van der Waals surface area contributed by atoms with Gasteiger partial charge in [-0.3, -0.25) is 4.79 Å². The van der Waals surface area contributed by atoms with Gasteiger partial charge in [-0.25, -0.2) is 0 Å². The van der Waals surface area contributed by atoms with Crippen LogP contribution >= 0.6 is 0 Å². The molecule has 0 saturated carbocycles. The number of aryl methyl sites for hydroxylation is 1. The molecule has 1 aromatic rings. The number of anilines is 1. The lowest BCUT2D eigenvalue weighted by Gasteiger charge is -2.13. The van der Waals surface area contributed by atoms with Crippen molar-refractivity contribution in [2.75, 3.05) is 11.9 Å². The number of nitrogens with one attached hydrogen (secondary N) is 2. The SMILES string of the molecule is CCONC1CCc2ccccc2NC1=O. The highest BCUT2D eigenvalue weighted by atomic mass is 16.6. The van der Waals surface area contributed by atoms with E-state index in [4.69, 9.17) is 4.84 Å². The van der Waals surface area contributed by atoms with Gasteiger partial charge in [0, 0.05) is 5.69 Å². The van der Waals surface area contributed by atoms with E-state index in [1.54, 1.807) is 0 Å². The normalized spacial score (nSPS) is 19.8. The number of carbonyl (C=O) groups is 1. The van der Waals surface area contributed by atoms with E-state index in [0.717, 1.165) is 18.5 Å². The fraction of sp³-hybridized carbons (Fsp3) is 0.417.